The van der Waals surface area contributed by atoms with Gasteiger partial charge in [-0.1, -0.05) is 13.8 Å². The number of aromatic nitrogens is 1. The van der Waals surface area contributed by atoms with Gasteiger partial charge in [0.2, 0.25) is 10.0 Å². The molecule has 20 heavy (non-hydrogen) atoms. The molecule has 0 aliphatic heterocycles. The fourth-order valence-corrected chi connectivity index (χ4v) is 3.12. The number of sulfonamides is 1. The van der Waals surface area contributed by atoms with Crippen LogP contribution in [0.1, 0.15) is 27.7 Å². The Hall–Kier alpha value is -1.18. The standard InChI is InChI=1S/C13H24N4O2S/c1-5-17(6-2)20(18,19)11-7-8-12(15-9-11)16-13(3,4)10-14/h7-9H,5-6,10,14H2,1-4H3,(H,15,16). The first-order valence-corrected chi connectivity index (χ1v) is 8.15. The highest BCUT2D eigenvalue weighted by molar-refractivity contribution is 7.89. The number of nitrogens with one attached hydrogen (secondary N) is 1. The summed E-state index contributed by atoms with van der Waals surface area (Å²) in [7, 11) is -3.45. The van der Waals surface area contributed by atoms with E-state index in [-0.39, 0.29) is 10.4 Å². The van der Waals surface area contributed by atoms with Gasteiger partial charge in [-0.25, -0.2) is 13.4 Å². The van der Waals surface area contributed by atoms with Crippen molar-refractivity contribution in [3.8, 4) is 0 Å². The first-order valence-electron chi connectivity index (χ1n) is 6.71. The van der Waals surface area contributed by atoms with Crippen LogP contribution in [-0.2, 0) is 10.0 Å². The molecule has 0 atom stereocenters. The van der Waals surface area contributed by atoms with Gasteiger partial charge < -0.3 is 11.1 Å². The van der Waals surface area contributed by atoms with Crippen LogP contribution in [0, 0.1) is 0 Å². The van der Waals surface area contributed by atoms with Crippen molar-refractivity contribution in [2.24, 2.45) is 5.73 Å². The maximum absolute atomic E-state index is 12.3. The van der Waals surface area contributed by atoms with Gasteiger partial charge >= 0.3 is 0 Å². The second-order valence-electron chi connectivity index (χ2n) is 5.18. The number of anilines is 1. The molecule has 1 aromatic heterocycles. The fraction of sp³-hybridized carbons (Fsp3) is 0.615. The number of rotatable bonds is 7. The third-order valence-electron chi connectivity index (χ3n) is 3.06. The zero-order chi connectivity index (χ0) is 15.4. The molecule has 0 unspecified atom stereocenters. The van der Waals surface area contributed by atoms with E-state index in [0.29, 0.717) is 25.5 Å². The summed E-state index contributed by atoms with van der Waals surface area (Å²) in [5.41, 5.74) is 5.35. The minimum absolute atomic E-state index is 0.206. The van der Waals surface area contributed by atoms with Crippen LogP contribution in [0.4, 0.5) is 5.82 Å². The van der Waals surface area contributed by atoms with Crippen molar-refractivity contribution in [1.82, 2.24) is 9.29 Å². The van der Waals surface area contributed by atoms with E-state index in [9.17, 15) is 8.42 Å². The molecule has 0 amide bonds. The van der Waals surface area contributed by atoms with E-state index < -0.39 is 10.0 Å². The highest BCUT2D eigenvalue weighted by atomic mass is 32.2. The normalized spacial score (nSPS) is 12.7. The number of nitrogens with zero attached hydrogens (tertiary/aromatic N) is 2. The average molecular weight is 300 g/mol. The summed E-state index contributed by atoms with van der Waals surface area (Å²) in [6.45, 7) is 8.87. The Morgan fingerprint density at radius 2 is 1.90 bits per heavy atom. The largest absolute Gasteiger partial charge is 0.364 e. The van der Waals surface area contributed by atoms with E-state index in [0.717, 1.165) is 0 Å². The van der Waals surface area contributed by atoms with Crippen LogP contribution in [-0.4, -0.2) is 42.9 Å². The van der Waals surface area contributed by atoms with Gasteiger partial charge in [0.05, 0.1) is 0 Å². The number of nitrogens with two attached hydrogens (primary N) is 1. The van der Waals surface area contributed by atoms with Crippen molar-refractivity contribution in [3.63, 3.8) is 0 Å². The van der Waals surface area contributed by atoms with Gasteiger partial charge in [0.1, 0.15) is 10.7 Å². The number of hydrogen-bond donors (Lipinski definition) is 2. The third kappa shape index (κ3) is 3.91. The lowest BCUT2D eigenvalue weighted by molar-refractivity contribution is 0.445. The van der Waals surface area contributed by atoms with Gasteiger partial charge in [0.25, 0.3) is 0 Å². The van der Waals surface area contributed by atoms with Crippen LogP contribution in [0.5, 0.6) is 0 Å². The lowest BCUT2D eigenvalue weighted by atomic mass is 10.1. The molecule has 1 aromatic rings. The summed E-state index contributed by atoms with van der Waals surface area (Å²) in [4.78, 5) is 4.36. The Labute approximate surface area is 121 Å². The van der Waals surface area contributed by atoms with Crippen molar-refractivity contribution in [3.05, 3.63) is 18.3 Å². The third-order valence-corrected chi connectivity index (χ3v) is 5.09. The summed E-state index contributed by atoms with van der Waals surface area (Å²) in [6, 6.07) is 3.23. The molecule has 7 heteroatoms. The van der Waals surface area contributed by atoms with E-state index in [1.165, 1.54) is 10.5 Å². The van der Waals surface area contributed by atoms with Crippen LogP contribution < -0.4 is 11.1 Å². The molecule has 0 bridgehead atoms. The van der Waals surface area contributed by atoms with Gasteiger partial charge in [-0.2, -0.15) is 4.31 Å². The first kappa shape index (κ1) is 16.9. The van der Waals surface area contributed by atoms with Gasteiger partial charge in [0.15, 0.2) is 0 Å². The molecule has 114 valence electrons. The van der Waals surface area contributed by atoms with Crippen molar-refractivity contribution in [1.29, 1.82) is 0 Å². The molecular weight excluding hydrogens is 276 g/mol. The highest BCUT2D eigenvalue weighted by Crippen LogP contribution is 2.17. The molecule has 0 aliphatic carbocycles. The average Bonchev–Trinajstić information content (AvgIpc) is 2.40. The molecule has 0 aliphatic rings. The number of hydrogen-bond acceptors (Lipinski definition) is 5. The van der Waals surface area contributed by atoms with E-state index in [1.54, 1.807) is 12.1 Å². The molecule has 6 nitrogen and oxygen atoms in total. The van der Waals surface area contributed by atoms with Crippen LogP contribution >= 0.6 is 0 Å². The Kier molecular flexibility index (Phi) is 5.50. The Morgan fingerprint density at radius 3 is 2.30 bits per heavy atom. The summed E-state index contributed by atoms with van der Waals surface area (Å²) >= 11 is 0. The SMILES string of the molecule is CCN(CC)S(=O)(=O)c1ccc(NC(C)(C)CN)nc1. The lowest BCUT2D eigenvalue weighted by Gasteiger charge is -2.25. The van der Waals surface area contributed by atoms with Crippen molar-refractivity contribution in [2.45, 2.75) is 38.1 Å². The molecule has 1 heterocycles. The van der Waals surface area contributed by atoms with E-state index >= 15 is 0 Å². The van der Waals surface area contributed by atoms with Crippen LogP contribution in [0.25, 0.3) is 0 Å². The van der Waals surface area contributed by atoms with E-state index in [2.05, 4.69) is 10.3 Å². The minimum Gasteiger partial charge on any atom is -0.364 e. The molecule has 0 aromatic carbocycles. The maximum atomic E-state index is 12.3. The van der Waals surface area contributed by atoms with Crippen LogP contribution in [0.2, 0.25) is 0 Å². The quantitative estimate of drug-likeness (QED) is 0.791. The zero-order valence-electron chi connectivity index (χ0n) is 12.5. The Balaban J connectivity index is 2.97. The summed E-state index contributed by atoms with van der Waals surface area (Å²) in [5.74, 6) is 0.610. The molecule has 3 N–H and O–H groups in total. The second-order valence-corrected chi connectivity index (χ2v) is 7.12. The van der Waals surface area contributed by atoms with E-state index in [1.807, 2.05) is 27.7 Å². The molecule has 0 fully saturated rings. The summed E-state index contributed by atoms with van der Waals surface area (Å²) in [6.07, 6.45) is 1.38. The molecule has 0 saturated heterocycles. The second kappa shape index (κ2) is 6.51. The topological polar surface area (TPSA) is 88.3 Å². The monoisotopic (exact) mass is 300 g/mol. The molecule has 1 rings (SSSR count). The van der Waals surface area contributed by atoms with Crippen molar-refractivity contribution in [2.75, 3.05) is 25.0 Å². The highest BCUT2D eigenvalue weighted by Gasteiger charge is 2.22. The Bertz CT molecular complexity index is 522. The molecule has 0 saturated carbocycles. The summed E-state index contributed by atoms with van der Waals surface area (Å²) < 4.78 is 26.0. The minimum atomic E-state index is -3.45. The Morgan fingerprint density at radius 1 is 1.30 bits per heavy atom. The molecule has 0 spiro atoms. The van der Waals surface area contributed by atoms with Crippen LogP contribution in [0.15, 0.2) is 23.2 Å². The predicted octanol–water partition coefficient (Wildman–Crippen LogP) is 1.26. The maximum Gasteiger partial charge on any atom is 0.244 e. The predicted molar refractivity (Wildman–Crippen MR) is 81.1 cm³/mol. The van der Waals surface area contributed by atoms with E-state index in [4.69, 9.17) is 5.73 Å². The fourth-order valence-electron chi connectivity index (χ4n) is 1.72. The van der Waals surface area contributed by atoms with Crippen LogP contribution in [0.3, 0.4) is 0 Å². The molecule has 0 radical (unpaired) electrons. The number of pyridine rings is 1. The summed E-state index contributed by atoms with van der Waals surface area (Å²) in [5, 5.41) is 3.16. The zero-order valence-corrected chi connectivity index (χ0v) is 13.4. The first-order chi connectivity index (χ1) is 9.26. The van der Waals surface area contributed by atoms with Crippen molar-refractivity contribution < 1.29 is 8.42 Å². The van der Waals surface area contributed by atoms with Gasteiger partial charge in [0, 0.05) is 31.4 Å². The van der Waals surface area contributed by atoms with Gasteiger partial charge in [-0.05, 0) is 26.0 Å². The van der Waals surface area contributed by atoms with Gasteiger partial charge in [-0.15, -0.1) is 0 Å². The molecular formula is C13H24N4O2S. The lowest BCUT2D eigenvalue weighted by Crippen LogP contribution is -2.39. The smallest absolute Gasteiger partial charge is 0.244 e. The van der Waals surface area contributed by atoms with Crippen molar-refractivity contribution >= 4 is 15.8 Å². The van der Waals surface area contributed by atoms with Gasteiger partial charge in [-0.3, -0.25) is 0 Å².